The SMILES string of the molecule is N#CC1(C#N)CCCC(=O)C1(C#N)C#N. The monoisotopic (exact) mass is 198 g/mol. The molecule has 0 spiro atoms. The summed E-state index contributed by atoms with van der Waals surface area (Å²) in [6, 6.07) is 6.43. The van der Waals surface area contributed by atoms with Gasteiger partial charge in [-0.2, -0.15) is 21.0 Å². The van der Waals surface area contributed by atoms with E-state index in [2.05, 4.69) is 0 Å². The van der Waals surface area contributed by atoms with E-state index in [0.717, 1.165) is 0 Å². The molecular formula is C10H6N4O. The van der Waals surface area contributed by atoms with Crippen molar-refractivity contribution in [2.75, 3.05) is 0 Å². The zero-order valence-electron chi connectivity index (χ0n) is 7.82. The van der Waals surface area contributed by atoms with Crippen molar-refractivity contribution in [3.05, 3.63) is 0 Å². The molecule has 1 fully saturated rings. The van der Waals surface area contributed by atoms with Gasteiger partial charge in [-0.3, -0.25) is 4.79 Å². The number of hydrogen-bond donors (Lipinski definition) is 0. The first-order chi connectivity index (χ1) is 7.12. The molecule has 0 amide bonds. The van der Waals surface area contributed by atoms with Crippen LogP contribution in [0.1, 0.15) is 19.3 Å². The van der Waals surface area contributed by atoms with Gasteiger partial charge >= 0.3 is 0 Å². The fourth-order valence-electron chi connectivity index (χ4n) is 1.77. The van der Waals surface area contributed by atoms with E-state index in [1.54, 1.807) is 24.3 Å². The molecule has 0 bridgehead atoms. The second-order valence-corrected chi connectivity index (χ2v) is 3.38. The molecule has 0 unspecified atom stereocenters. The Morgan fingerprint density at radius 3 is 1.87 bits per heavy atom. The van der Waals surface area contributed by atoms with Crippen LogP contribution in [0.4, 0.5) is 0 Å². The van der Waals surface area contributed by atoms with Crippen LogP contribution in [0.5, 0.6) is 0 Å². The maximum absolute atomic E-state index is 11.6. The van der Waals surface area contributed by atoms with E-state index in [1.807, 2.05) is 0 Å². The smallest absolute Gasteiger partial charge is 0.232 e. The zero-order chi connectivity index (χ0) is 11.5. The largest absolute Gasteiger partial charge is 0.297 e. The Morgan fingerprint density at radius 1 is 1.00 bits per heavy atom. The first-order valence-electron chi connectivity index (χ1n) is 4.31. The number of rotatable bonds is 0. The molecule has 0 atom stereocenters. The third kappa shape index (κ3) is 1.08. The average Bonchev–Trinajstić information content (AvgIpc) is 2.29. The number of ketones is 1. The summed E-state index contributed by atoms with van der Waals surface area (Å²) in [6.45, 7) is 0. The Morgan fingerprint density at radius 2 is 1.53 bits per heavy atom. The predicted molar refractivity (Wildman–Crippen MR) is 46.2 cm³/mol. The summed E-state index contributed by atoms with van der Waals surface area (Å²) in [5, 5.41) is 35.7. The molecule has 1 aliphatic rings. The quantitative estimate of drug-likeness (QED) is 0.571. The second-order valence-electron chi connectivity index (χ2n) is 3.38. The second kappa shape index (κ2) is 3.41. The Hall–Kier alpha value is -2.37. The van der Waals surface area contributed by atoms with E-state index < -0.39 is 16.6 Å². The van der Waals surface area contributed by atoms with Crippen LogP contribution in [0, 0.1) is 56.2 Å². The van der Waals surface area contributed by atoms with Crippen LogP contribution < -0.4 is 0 Å². The molecule has 1 aliphatic carbocycles. The lowest BCUT2D eigenvalue weighted by Crippen LogP contribution is -2.47. The molecule has 0 aliphatic heterocycles. The van der Waals surface area contributed by atoms with E-state index in [4.69, 9.17) is 21.0 Å². The summed E-state index contributed by atoms with van der Waals surface area (Å²) in [4.78, 5) is 11.6. The third-order valence-electron chi connectivity index (χ3n) is 2.73. The summed E-state index contributed by atoms with van der Waals surface area (Å²) < 4.78 is 0. The standard InChI is InChI=1S/C10H6N4O/c11-4-9(5-12)3-1-2-8(15)10(9,6-13)7-14/h1-3H2. The van der Waals surface area contributed by atoms with Crippen molar-refractivity contribution in [2.45, 2.75) is 19.3 Å². The molecule has 5 nitrogen and oxygen atoms in total. The number of hydrogen-bond acceptors (Lipinski definition) is 5. The lowest BCUT2D eigenvalue weighted by atomic mass is 9.58. The maximum Gasteiger partial charge on any atom is 0.232 e. The van der Waals surface area contributed by atoms with Crippen molar-refractivity contribution >= 4 is 5.78 Å². The fraction of sp³-hybridized carbons (Fsp3) is 0.500. The van der Waals surface area contributed by atoms with Gasteiger partial charge in [-0.15, -0.1) is 0 Å². The van der Waals surface area contributed by atoms with Gasteiger partial charge in [0.25, 0.3) is 0 Å². The summed E-state index contributed by atoms with van der Waals surface area (Å²) in [7, 11) is 0. The van der Waals surface area contributed by atoms with E-state index >= 15 is 0 Å². The highest BCUT2D eigenvalue weighted by atomic mass is 16.1. The van der Waals surface area contributed by atoms with Crippen molar-refractivity contribution in [2.24, 2.45) is 10.8 Å². The normalized spacial score (nSPS) is 21.5. The van der Waals surface area contributed by atoms with Crippen molar-refractivity contribution in [3.63, 3.8) is 0 Å². The molecule has 0 N–H and O–H groups in total. The minimum atomic E-state index is -2.12. The van der Waals surface area contributed by atoms with Crippen LogP contribution in [-0.2, 0) is 4.79 Å². The van der Waals surface area contributed by atoms with Crippen LogP contribution in [0.3, 0.4) is 0 Å². The summed E-state index contributed by atoms with van der Waals surface area (Å²) in [6.07, 6.45) is 0.532. The highest BCUT2D eigenvalue weighted by Gasteiger charge is 2.61. The first-order valence-corrected chi connectivity index (χ1v) is 4.31. The Balaban J connectivity index is 3.49. The lowest BCUT2D eigenvalue weighted by Gasteiger charge is -2.33. The number of carbonyl (C=O) groups excluding carboxylic acids is 1. The van der Waals surface area contributed by atoms with E-state index in [-0.39, 0.29) is 12.8 Å². The summed E-state index contributed by atoms with van der Waals surface area (Å²) >= 11 is 0. The van der Waals surface area contributed by atoms with Gasteiger partial charge < -0.3 is 0 Å². The minimum absolute atomic E-state index is 0.0756. The lowest BCUT2D eigenvalue weighted by molar-refractivity contribution is -0.128. The highest BCUT2D eigenvalue weighted by Crippen LogP contribution is 2.47. The molecule has 5 heteroatoms. The predicted octanol–water partition coefficient (Wildman–Crippen LogP) is 0.807. The van der Waals surface area contributed by atoms with Crippen molar-refractivity contribution in [1.82, 2.24) is 0 Å². The fourth-order valence-corrected chi connectivity index (χ4v) is 1.77. The van der Waals surface area contributed by atoms with E-state index in [1.165, 1.54) is 0 Å². The highest BCUT2D eigenvalue weighted by molar-refractivity contribution is 5.93. The molecule has 0 aromatic carbocycles. The average molecular weight is 198 g/mol. The van der Waals surface area contributed by atoms with Crippen LogP contribution in [-0.4, -0.2) is 5.78 Å². The van der Waals surface area contributed by atoms with Gasteiger partial charge in [-0.05, 0) is 12.8 Å². The van der Waals surface area contributed by atoms with Gasteiger partial charge in [-0.25, -0.2) is 0 Å². The first kappa shape index (κ1) is 10.7. The molecule has 72 valence electrons. The molecule has 0 aromatic heterocycles. The molecule has 0 saturated heterocycles. The minimum Gasteiger partial charge on any atom is -0.297 e. The maximum atomic E-state index is 11.6. The van der Waals surface area contributed by atoms with Crippen LogP contribution >= 0.6 is 0 Å². The molecule has 1 rings (SSSR count). The zero-order valence-corrected chi connectivity index (χ0v) is 7.82. The molecule has 15 heavy (non-hydrogen) atoms. The van der Waals surface area contributed by atoms with Gasteiger partial charge in [0.2, 0.25) is 5.41 Å². The Labute approximate surface area is 86.7 Å². The number of nitrogens with zero attached hydrogens (tertiary/aromatic N) is 4. The molecular weight excluding hydrogens is 192 g/mol. The molecule has 0 aromatic rings. The van der Waals surface area contributed by atoms with Crippen molar-refractivity contribution in [1.29, 1.82) is 21.0 Å². The van der Waals surface area contributed by atoms with E-state index in [0.29, 0.717) is 6.42 Å². The third-order valence-corrected chi connectivity index (χ3v) is 2.73. The molecule has 0 heterocycles. The van der Waals surface area contributed by atoms with Crippen LogP contribution in [0.25, 0.3) is 0 Å². The van der Waals surface area contributed by atoms with Gasteiger partial charge in [0, 0.05) is 6.42 Å². The Kier molecular flexibility index (Phi) is 2.43. The summed E-state index contributed by atoms with van der Waals surface area (Å²) in [5.41, 5.74) is -3.93. The van der Waals surface area contributed by atoms with Gasteiger partial charge in [-0.1, -0.05) is 0 Å². The topological polar surface area (TPSA) is 112 Å². The van der Waals surface area contributed by atoms with Crippen molar-refractivity contribution < 1.29 is 4.79 Å². The van der Waals surface area contributed by atoms with Gasteiger partial charge in [0.05, 0.1) is 24.3 Å². The Bertz CT molecular complexity index is 438. The van der Waals surface area contributed by atoms with Crippen molar-refractivity contribution in [3.8, 4) is 24.3 Å². The number of Topliss-reactive ketones (excluding diaryl/α,β-unsaturated/α-hetero) is 1. The summed E-state index contributed by atoms with van der Waals surface area (Å²) in [5.74, 6) is -0.623. The van der Waals surface area contributed by atoms with Gasteiger partial charge in [0.15, 0.2) is 11.2 Å². The van der Waals surface area contributed by atoms with Crippen LogP contribution in [0.2, 0.25) is 0 Å². The number of carbonyl (C=O) groups is 1. The molecule has 0 radical (unpaired) electrons. The van der Waals surface area contributed by atoms with Gasteiger partial charge in [0.1, 0.15) is 0 Å². The number of nitriles is 4. The van der Waals surface area contributed by atoms with E-state index in [9.17, 15) is 4.79 Å². The van der Waals surface area contributed by atoms with Crippen LogP contribution in [0.15, 0.2) is 0 Å². The molecule has 1 saturated carbocycles.